The molecular formula is C11H9Br2FO3. The van der Waals surface area contributed by atoms with Crippen LogP contribution in [0.4, 0.5) is 4.39 Å². The predicted molar refractivity (Wildman–Crippen MR) is 67.7 cm³/mol. The summed E-state index contributed by atoms with van der Waals surface area (Å²) in [4.78, 5) is 22.8. The van der Waals surface area contributed by atoms with E-state index < -0.39 is 17.9 Å². The Morgan fingerprint density at radius 2 is 2.06 bits per heavy atom. The van der Waals surface area contributed by atoms with E-state index in [1.54, 1.807) is 19.1 Å². The first kappa shape index (κ1) is 14.3. The van der Waals surface area contributed by atoms with Crippen LogP contribution in [0.1, 0.15) is 17.3 Å². The molecule has 0 spiro atoms. The van der Waals surface area contributed by atoms with Gasteiger partial charge in [0.1, 0.15) is 0 Å². The Hall–Kier alpha value is -0.750. The molecule has 92 valence electrons. The Kier molecular flexibility index (Phi) is 5.27. The van der Waals surface area contributed by atoms with Gasteiger partial charge < -0.3 is 4.74 Å². The van der Waals surface area contributed by atoms with E-state index in [4.69, 9.17) is 0 Å². The first-order valence-electron chi connectivity index (χ1n) is 4.77. The van der Waals surface area contributed by atoms with Crippen molar-refractivity contribution in [1.82, 2.24) is 0 Å². The van der Waals surface area contributed by atoms with Crippen molar-refractivity contribution in [2.24, 2.45) is 0 Å². The van der Waals surface area contributed by atoms with Gasteiger partial charge >= 0.3 is 5.97 Å². The molecule has 0 saturated carbocycles. The highest BCUT2D eigenvalue weighted by Crippen LogP contribution is 2.23. The molecule has 0 bridgehead atoms. The van der Waals surface area contributed by atoms with Gasteiger partial charge in [0.25, 0.3) is 6.17 Å². The van der Waals surface area contributed by atoms with Gasteiger partial charge in [-0.1, -0.05) is 31.9 Å². The fourth-order valence-corrected chi connectivity index (χ4v) is 2.39. The monoisotopic (exact) mass is 366 g/mol. The van der Waals surface area contributed by atoms with Crippen LogP contribution in [0.5, 0.6) is 0 Å². The summed E-state index contributed by atoms with van der Waals surface area (Å²) >= 11 is 6.34. The van der Waals surface area contributed by atoms with Crippen molar-refractivity contribution < 1.29 is 18.7 Å². The highest BCUT2D eigenvalue weighted by Gasteiger charge is 2.29. The summed E-state index contributed by atoms with van der Waals surface area (Å²) in [7, 11) is 0. The molecule has 1 unspecified atom stereocenters. The predicted octanol–water partition coefficient (Wildman–Crippen LogP) is 3.30. The molecule has 0 amide bonds. The maximum atomic E-state index is 13.5. The molecule has 0 fully saturated rings. The van der Waals surface area contributed by atoms with Crippen LogP contribution < -0.4 is 0 Å². The third kappa shape index (κ3) is 3.61. The van der Waals surface area contributed by atoms with Gasteiger partial charge in [-0.2, -0.15) is 0 Å². The van der Waals surface area contributed by atoms with Crippen molar-refractivity contribution in [3.63, 3.8) is 0 Å². The van der Waals surface area contributed by atoms with Crippen LogP contribution in [0.25, 0.3) is 0 Å². The van der Waals surface area contributed by atoms with Crippen molar-refractivity contribution >= 4 is 43.6 Å². The van der Waals surface area contributed by atoms with Gasteiger partial charge in [0.05, 0.1) is 6.61 Å². The molecule has 0 saturated heterocycles. The second-order valence-electron chi connectivity index (χ2n) is 3.10. The molecule has 1 atom stereocenters. The zero-order chi connectivity index (χ0) is 13.0. The molecule has 3 nitrogen and oxygen atoms in total. The smallest absolute Gasteiger partial charge is 0.349 e. The van der Waals surface area contributed by atoms with E-state index in [1.165, 1.54) is 6.07 Å². The minimum absolute atomic E-state index is 0.0358. The molecule has 1 aromatic carbocycles. The van der Waals surface area contributed by atoms with Gasteiger partial charge in [-0.15, -0.1) is 0 Å². The van der Waals surface area contributed by atoms with E-state index in [0.717, 1.165) is 4.47 Å². The fourth-order valence-electron chi connectivity index (χ4n) is 1.15. The van der Waals surface area contributed by atoms with Crippen molar-refractivity contribution in [3.8, 4) is 0 Å². The summed E-state index contributed by atoms with van der Waals surface area (Å²) < 4.78 is 19.1. The van der Waals surface area contributed by atoms with E-state index in [0.29, 0.717) is 4.47 Å². The Morgan fingerprint density at radius 3 is 2.59 bits per heavy atom. The molecule has 0 heterocycles. The summed E-state index contributed by atoms with van der Waals surface area (Å²) in [5.74, 6) is -2.07. The Balaban J connectivity index is 2.92. The van der Waals surface area contributed by atoms with Crippen LogP contribution in [-0.2, 0) is 9.53 Å². The molecular weight excluding hydrogens is 359 g/mol. The zero-order valence-electron chi connectivity index (χ0n) is 8.88. The largest absolute Gasteiger partial charge is 0.463 e. The molecule has 0 radical (unpaired) electrons. The molecule has 1 aromatic rings. The quantitative estimate of drug-likeness (QED) is 0.466. The minimum atomic E-state index is -2.28. The molecule has 6 heteroatoms. The van der Waals surface area contributed by atoms with Gasteiger partial charge in [0.2, 0.25) is 5.78 Å². The number of carbonyl (C=O) groups is 2. The lowest BCUT2D eigenvalue weighted by atomic mass is 10.1. The van der Waals surface area contributed by atoms with Gasteiger partial charge in [-0.05, 0) is 25.1 Å². The normalized spacial score (nSPS) is 12.0. The van der Waals surface area contributed by atoms with E-state index in [-0.39, 0.29) is 12.2 Å². The first-order valence-corrected chi connectivity index (χ1v) is 6.36. The number of benzene rings is 1. The van der Waals surface area contributed by atoms with Crippen molar-refractivity contribution in [2.75, 3.05) is 6.61 Å². The van der Waals surface area contributed by atoms with Gasteiger partial charge in [0, 0.05) is 14.5 Å². The number of esters is 1. The standard InChI is InChI=1S/C11H9Br2FO3/c1-2-17-11(16)9(14)10(15)7-4-3-6(12)5-8(7)13/h3-5,9H,2H2,1H3. The van der Waals surface area contributed by atoms with E-state index >= 15 is 0 Å². The van der Waals surface area contributed by atoms with Crippen LogP contribution in [0, 0.1) is 0 Å². The average Bonchev–Trinajstić information content (AvgIpc) is 2.27. The number of ether oxygens (including phenoxy) is 1. The summed E-state index contributed by atoms with van der Waals surface area (Å²) in [5, 5.41) is 0. The van der Waals surface area contributed by atoms with E-state index in [1.807, 2.05) is 0 Å². The lowest BCUT2D eigenvalue weighted by Crippen LogP contribution is -2.28. The van der Waals surface area contributed by atoms with Crippen LogP contribution in [-0.4, -0.2) is 24.5 Å². The number of alkyl halides is 1. The third-order valence-electron chi connectivity index (χ3n) is 1.92. The van der Waals surface area contributed by atoms with Gasteiger partial charge in [-0.25, -0.2) is 9.18 Å². The highest BCUT2D eigenvalue weighted by atomic mass is 79.9. The molecule has 0 N–H and O–H groups in total. The van der Waals surface area contributed by atoms with Crippen molar-refractivity contribution in [1.29, 1.82) is 0 Å². The lowest BCUT2D eigenvalue weighted by Gasteiger charge is -2.08. The summed E-state index contributed by atoms with van der Waals surface area (Å²) in [6, 6.07) is 4.63. The Bertz CT molecular complexity index is 448. The Labute approximate surface area is 115 Å². The van der Waals surface area contributed by atoms with E-state index in [9.17, 15) is 14.0 Å². The summed E-state index contributed by atoms with van der Waals surface area (Å²) in [6.07, 6.45) is -2.28. The molecule has 0 aromatic heterocycles. The topological polar surface area (TPSA) is 43.4 Å². The zero-order valence-corrected chi connectivity index (χ0v) is 12.0. The number of hydrogen-bond donors (Lipinski definition) is 0. The summed E-state index contributed by atoms with van der Waals surface area (Å²) in [5.41, 5.74) is 0.105. The van der Waals surface area contributed by atoms with Gasteiger partial charge in [-0.3, -0.25) is 4.79 Å². The number of rotatable bonds is 4. The third-order valence-corrected chi connectivity index (χ3v) is 3.07. The van der Waals surface area contributed by atoms with Crippen LogP contribution in [0.3, 0.4) is 0 Å². The SMILES string of the molecule is CCOC(=O)C(F)C(=O)c1ccc(Br)cc1Br. The molecule has 0 aliphatic rings. The fraction of sp³-hybridized carbons (Fsp3) is 0.273. The van der Waals surface area contributed by atoms with Crippen molar-refractivity contribution in [3.05, 3.63) is 32.7 Å². The van der Waals surface area contributed by atoms with E-state index in [2.05, 4.69) is 36.6 Å². The number of ketones is 1. The molecule has 0 aliphatic heterocycles. The Morgan fingerprint density at radius 1 is 1.41 bits per heavy atom. The number of halogens is 3. The number of carbonyl (C=O) groups excluding carboxylic acids is 2. The highest BCUT2D eigenvalue weighted by molar-refractivity contribution is 9.11. The van der Waals surface area contributed by atoms with Gasteiger partial charge in [0.15, 0.2) is 0 Å². The minimum Gasteiger partial charge on any atom is -0.463 e. The van der Waals surface area contributed by atoms with Crippen LogP contribution in [0.15, 0.2) is 27.1 Å². The van der Waals surface area contributed by atoms with Crippen LogP contribution in [0.2, 0.25) is 0 Å². The maximum absolute atomic E-state index is 13.5. The average molecular weight is 368 g/mol. The second-order valence-corrected chi connectivity index (χ2v) is 4.87. The summed E-state index contributed by atoms with van der Waals surface area (Å²) in [6.45, 7) is 1.58. The first-order chi connectivity index (χ1) is 7.97. The molecule has 1 rings (SSSR count). The molecule has 17 heavy (non-hydrogen) atoms. The molecule has 0 aliphatic carbocycles. The lowest BCUT2D eigenvalue weighted by molar-refractivity contribution is -0.147. The number of hydrogen-bond acceptors (Lipinski definition) is 3. The van der Waals surface area contributed by atoms with Crippen LogP contribution >= 0.6 is 31.9 Å². The van der Waals surface area contributed by atoms with Crippen molar-refractivity contribution in [2.45, 2.75) is 13.1 Å². The number of Topliss-reactive ketones (excluding diaryl/α,β-unsaturated/α-hetero) is 1. The second kappa shape index (κ2) is 6.26. The maximum Gasteiger partial charge on any atom is 0.349 e.